The third kappa shape index (κ3) is 4.30. The van der Waals surface area contributed by atoms with Gasteiger partial charge in [-0.1, -0.05) is 23.5 Å². The van der Waals surface area contributed by atoms with Gasteiger partial charge >= 0.3 is 5.91 Å². The van der Waals surface area contributed by atoms with Crippen LogP contribution in [0, 0.1) is 9.39 Å². The fraction of sp³-hybridized carbons (Fsp3) is 0.115. The molecule has 3 aromatic carbocycles. The molecule has 1 N–H and O–H groups in total. The lowest BCUT2D eigenvalue weighted by Gasteiger charge is -2.23. The summed E-state index contributed by atoms with van der Waals surface area (Å²) in [7, 11) is 0. The van der Waals surface area contributed by atoms with Crippen molar-refractivity contribution in [3.63, 3.8) is 0 Å². The van der Waals surface area contributed by atoms with E-state index < -0.39 is 23.5 Å². The quantitative estimate of drug-likeness (QED) is 0.130. The molecule has 9 heteroatoms. The number of thiazole rings is 1. The van der Waals surface area contributed by atoms with E-state index in [1.165, 1.54) is 23.1 Å². The van der Waals surface area contributed by atoms with E-state index in [1.807, 2.05) is 31.2 Å². The largest absolute Gasteiger partial charge is 0.507 e. The number of hydrogen-bond donors (Lipinski definition) is 1. The van der Waals surface area contributed by atoms with Crippen LogP contribution in [0.1, 0.15) is 24.1 Å². The normalized spacial score (nSPS) is 17.3. The first-order valence-electron chi connectivity index (χ1n) is 10.7. The van der Waals surface area contributed by atoms with Gasteiger partial charge in [-0.2, -0.15) is 0 Å². The number of nitrogens with zero attached hydrogens (tertiary/aromatic N) is 2. The van der Waals surface area contributed by atoms with Crippen molar-refractivity contribution < 1.29 is 23.8 Å². The van der Waals surface area contributed by atoms with Crippen LogP contribution in [0.2, 0.25) is 0 Å². The van der Waals surface area contributed by atoms with Gasteiger partial charge in [0.1, 0.15) is 17.3 Å². The Kier molecular flexibility index (Phi) is 6.28. The Morgan fingerprint density at radius 3 is 2.51 bits per heavy atom. The van der Waals surface area contributed by atoms with E-state index in [0.29, 0.717) is 33.7 Å². The summed E-state index contributed by atoms with van der Waals surface area (Å²) in [5, 5.41) is 11.5. The number of halogens is 2. The van der Waals surface area contributed by atoms with Gasteiger partial charge in [0, 0.05) is 9.13 Å². The minimum Gasteiger partial charge on any atom is -0.507 e. The molecule has 2 heterocycles. The van der Waals surface area contributed by atoms with E-state index in [9.17, 15) is 19.1 Å². The Morgan fingerprint density at radius 2 is 1.83 bits per heavy atom. The predicted molar refractivity (Wildman–Crippen MR) is 141 cm³/mol. The maximum atomic E-state index is 13.8. The lowest BCUT2D eigenvalue weighted by Crippen LogP contribution is -2.29. The second-order valence-electron chi connectivity index (χ2n) is 7.79. The molecule has 1 aromatic heterocycles. The summed E-state index contributed by atoms with van der Waals surface area (Å²) in [6, 6.07) is 17.3. The minimum atomic E-state index is -0.899. The van der Waals surface area contributed by atoms with Gasteiger partial charge in [0.15, 0.2) is 5.13 Å². The number of aliphatic hydroxyl groups is 1. The Morgan fingerprint density at radius 1 is 1.11 bits per heavy atom. The van der Waals surface area contributed by atoms with Crippen molar-refractivity contribution >= 4 is 66.7 Å². The molecule has 1 aliphatic rings. The summed E-state index contributed by atoms with van der Waals surface area (Å²) in [6.45, 7) is 2.36. The standard InChI is InChI=1S/C26H18FIN2O4S/c1-2-34-18-10-5-15(6-11-18)23(31)21-22(14-3-8-17(28)9-4-14)30(25(33)24(21)32)26-29-19-12-7-16(27)13-20(19)35-26/h3-13,22,31H,2H2,1H3/b23-21+. The van der Waals surface area contributed by atoms with Gasteiger partial charge in [0.2, 0.25) is 0 Å². The predicted octanol–water partition coefficient (Wildman–Crippen LogP) is 6.07. The van der Waals surface area contributed by atoms with Crippen LogP contribution in [0.4, 0.5) is 9.52 Å². The second kappa shape index (κ2) is 9.38. The van der Waals surface area contributed by atoms with Gasteiger partial charge in [0.25, 0.3) is 5.78 Å². The Bertz CT molecular complexity index is 1480. The van der Waals surface area contributed by atoms with Crippen molar-refractivity contribution in [3.8, 4) is 5.75 Å². The summed E-state index contributed by atoms with van der Waals surface area (Å²) in [5.41, 5.74) is 1.50. The zero-order valence-corrected chi connectivity index (χ0v) is 21.3. The zero-order chi connectivity index (χ0) is 24.7. The maximum absolute atomic E-state index is 13.8. The number of benzene rings is 3. The first-order valence-corrected chi connectivity index (χ1v) is 12.6. The average molecular weight is 600 g/mol. The molecular formula is C26H18FIN2O4S. The minimum absolute atomic E-state index is 0.0363. The molecule has 6 nitrogen and oxygen atoms in total. The van der Waals surface area contributed by atoms with Crippen molar-refractivity contribution in [2.75, 3.05) is 11.5 Å². The van der Waals surface area contributed by atoms with Crippen molar-refractivity contribution in [3.05, 3.63) is 92.8 Å². The van der Waals surface area contributed by atoms with Crippen LogP contribution < -0.4 is 9.64 Å². The van der Waals surface area contributed by atoms with E-state index in [0.717, 1.165) is 14.9 Å². The summed E-state index contributed by atoms with van der Waals surface area (Å²) >= 11 is 3.28. The lowest BCUT2D eigenvalue weighted by molar-refractivity contribution is -0.132. The first kappa shape index (κ1) is 23.4. The van der Waals surface area contributed by atoms with Gasteiger partial charge in [-0.05, 0) is 89.7 Å². The Hall–Kier alpha value is -3.31. The molecule has 1 unspecified atom stereocenters. The highest BCUT2D eigenvalue weighted by Gasteiger charge is 2.48. The van der Waals surface area contributed by atoms with Gasteiger partial charge in [-0.15, -0.1) is 0 Å². The number of hydrogen-bond acceptors (Lipinski definition) is 6. The average Bonchev–Trinajstić information content (AvgIpc) is 3.37. The molecule has 5 rings (SSSR count). The molecule has 4 aromatic rings. The SMILES string of the molecule is CCOc1ccc(/C(O)=C2\C(=O)C(=O)N(c3nc4ccc(F)cc4s3)C2c2ccc(I)cc2)cc1. The molecule has 1 atom stereocenters. The third-order valence-corrected chi connectivity index (χ3v) is 7.35. The van der Waals surface area contributed by atoms with Crippen LogP contribution in [0.15, 0.2) is 72.3 Å². The molecule has 0 spiro atoms. The van der Waals surface area contributed by atoms with Gasteiger partial charge in [-0.3, -0.25) is 14.5 Å². The number of ether oxygens (including phenoxy) is 1. The molecule has 1 amide bonds. The number of Topliss-reactive ketones (excluding diaryl/α,β-unsaturated/α-hetero) is 1. The van der Waals surface area contributed by atoms with Crippen LogP contribution >= 0.6 is 33.9 Å². The number of carbonyl (C=O) groups excluding carboxylic acids is 2. The van der Waals surface area contributed by atoms with Crippen LogP contribution in [-0.4, -0.2) is 28.4 Å². The zero-order valence-electron chi connectivity index (χ0n) is 18.4. The Labute approximate surface area is 217 Å². The summed E-state index contributed by atoms with van der Waals surface area (Å²) in [6.07, 6.45) is 0. The highest BCUT2D eigenvalue weighted by atomic mass is 127. The number of anilines is 1. The number of aromatic nitrogens is 1. The molecule has 0 aliphatic carbocycles. The number of ketones is 1. The number of aliphatic hydroxyl groups excluding tert-OH is 1. The van der Waals surface area contributed by atoms with Gasteiger partial charge < -0.3 is 9.84 Å². The summed E-state index contributed by atoms with van der Waals surface area (Å²) < 4.78 is 20.8. The van der Waals surface area contributed by atoms with E-state index in [-0.39, 0.29) is 16.5 Å². The van der Waals surface area contributed by atoms with Crippen LogP contribution in [-0.2, 0) is 9.59 Å². The molecule has 35 heavy (non-hydrogen) atoms. The maximum Gasteiger partial charge on any atom is 0.301 e. The lowest BCUT2D eigenvalue weighted by atomic mass is 9.95. The van der Waals surface area contributed by atoms with Crippen molar-refractivity contribution in [2.24, 2.45) is 0 Å². The summed E-state index contributed by atoms with van der Waals surface area (Å²) in [4.78, 5) is 32.3. The Balaban J connectivity index is 1.68. The monoisotopic (exact) mass is 600 g/mol. The highest BCUT2D eigenvalue weighted by molar-refractivity contribution is 14.1. The van der Waals surface area contributed by atoms with Crippen molar-refractivity contribution in [2.45, 2.75) is 13.0 Å². The smallest absolute Gasteiger partial charge is 0.301 e. The van der Waals surface area contributed by atoms with E-state index >= 15 is 0 Å². The first-order chi connectivity index (χ1) is 16.9. The highest BCUT2D eigenvalue weighted by Crippen LogP contribution is 2.44. The van der Waals surface area contributed by atoms with Crippen LogP contribution in [0.25, 0.3) is 16.0 Å². The number of carbonyl (C=O) groups is 2. The van der Waals surface area contributed by atoms with E-state index in [4.69, 9.17) is 4.74 Å². The molecule has 1 saturated heterocycles. The van der Waals surface area contributed by atoms with Crippen LogP contribution in [0.5, 0.6) is 5.75 Å². The summed E-state index contributed by atoms with van der Waals surface area (Å²) in [5.74, 6) is -1.70. The fourth-order valence-corrected chi connectivity index (χ4v) is 5.39. The van der Waals surface area contributed by atoms with E-state index in [1.54, 1.807) is 24.3 Å². The van der Waals surface area contributed by atoms with E-state index in [2.05, 4.69) is 27.6 Å². The molecule has 0 saturated carbocycles. The van der Waals surface area contributed by atoms with Gasteiger partial charge in [0.05, 0.1) is 28.4 Å². The molecule has 0 bridgehead atoms. The third-order valence-electron chi connectivity index (χ3n) is 5.61. The number of fused-ring (bicyclic) bond motifs is 1. The van der Waals surface area contributed by atoms with Crippen molar-refractivity contribution in [1.29, 1.82) is 0 Å². The molecular weight excluding hydrogens is 582 g/mol. The van der Waals surface area contributed by atoms with Crippen LogP contribution in [0.3, 0.4) is 0 Å². The van der Waals surface area contributed by atoms with Gasteiger partial charge in [-0.25, -0.2) is 9.37 Å². The molecule has 1 aliphatic heterocycles. The molecule has 176 valence electrons. The number of amides is 1. The fourth-order valence-electron chi connectivity index (χ4n) is 4.01. The number of rotatable bonds is 5. The molecule has 0 radical (unpaired) electrons. The topological polar surface area (TPSA) is 79.7 Å². The second-order valence-corrected chi connectivity index (χ2v) is 10.0. The molecule has 1 fully saturated rings. The van der Waals surface area contributed by atoms with Crippen molar-refractivity contribution in [1.82, 2.24) is 4.98 Å².